The Morgan fingerprint density at radius 3 is 2.20 bits per heavy atom. The van der Waals surface area contributed by atoms with Gasteiger partial charge in [-0.1, -0.05) is 71.4 Å². The van der Waals surface area contributed by atoms with Crippen molar-refractivity contribution in [1.82, 2.24) is 20.4 Å². The van der Waals surface area contributed by atoms with Crippen LogP contribution < -0.4 is 16.4 Å². The Bertz CT molecular complexity index is 1260. The van der Waals surface area contributed by atoms with Crippen molar-refractivity contribution in [2.75, 3.05) is 34.4 Å². The largest absolute Gasteiger partial charge is 0.379 e. The molecule has 11 nitrogen and oxygen atoms in total. The number of likely N-dealkylation sites (tertiary alicyclic amines) is 1. The molecule has 0 bridgehead atoms. The van der Waals surface area contributed by atoms with E-state index in [9.17, 15) is 19.2 Å². The van der Waals surface area contributed by atoms with Gasteiger partial charge < -0.3 is 35.6 Å². The van der Waals surface area contributed by atoms with E-state index in [1.165, 1.54) is 5.56 Å². The van der Waals surface area contributed by atoms with E-state index in [0.29, 0.717) is 13.1 Å². The van der Waals surface area contributed by atoms with Crippen molar-refractivity contribution < 1.29 is 28.7 Å². The Kier molecular flexibility index (Phi) is 14.2. The van der Waals surface area contributed by atoms with Gasteiger partial charge in [-0.15, -0.1) is 0 Å². The topological polar surface area (TPSA) is 143 Å². The van der Waals surface area contributed by atoms with Crippen LogP contribution in [0.1, 0.15) is 92.6 Å². The second-order valence-corrected chi connectivity index (χ2v) is 15.4. The molecular formula is C38H63N5O6. The molecule has 4 N–H and O–H groups in total. The average molecular weight is 686 g/mol. The Morgan fingerprint density at radius 1 is 1.06 bits per heavy atom. The minimum Gasteiger partial charge on any atom is -0.379 e. The van der Waals surface area contributed by atoms with Crippen LogP contribution in [0, 0.1) is 17.8 Å². The van der Waals surface area contributed by atoms with Crippen molar-refractivity contribution in [2.45, 2.75) is 128 Å². The second kappa shape index (κ2) is 17.3. The highest BCUT2D eigenvalue weighted by atomic mass is 16.5. The van der Waals surface area contributed by atoms with E-state index >= 15 is 0 Å². The van der Waals surface area contributed by atoms with Gasteiger partial charge in [0.15, 0.2) is 0 Å². The number of nitrogens with zero attached hydrogens (tertiary/aromatic N) is 2. The van der Waals surface area contributed by atoms with Crippen molar-refractivity contribution in [2.24, 2.45) is 23.5 Å². The second-order valence-electron chi connectivity index (χ2n) is 15.4. The number of likely N-dealkylation sites (N-methyl/N-ethyl adjacent to an activating group) is 1. The summed E-state index contributed by atoms with van der Waals surface area (Å²) in [6, 6.07) is 8.83. The number of amides is 4. The highest BCUT2D eigenvalue weighted by Gasteiger charge is 2.46. The molecule has 1 aromatic rings. The van der Waals surface area contributed by atoms with Gasteiger partial charge in [-0.05, 0) is 56.9 Å². The molecule has 7 atom stereocenters. The predicted octanol–water partition coefficient (Wildman–Crippen LogP) is 3.63. The standard InChI is InChI=1S/C38H63N5O6/c1-11-25(4)32(42(8)35(46)31(24(2)3)41-36(47)37(6,7)39)29(48-9)22-30(44)43-21-15-18-28(43)33(49-10)26(5)34(45)40-23-38(19-20-38)27-16-13-12-14-17-27/h12-14,16-17,24-26,28-29,31-33H,11,15,18-23,39H2,1-10H3,(H,40,45)(H,41,47)/t25-,26+,28-,29+,31-,32-,33+/m0/s1. The zero-order valence-electron chi connectivity index (χ0n) is 31.6. The molecule has 4 amide bonds. The minimum atomic E-state index is -1.14. The van der Waals surface area contributed by atoms with Crippen LogP contribution >= 0.6 is 0 Å². The predicted molar refractivity (Wildman–Crippen MR) is 192 cm³/mol. The van der Waals surface area contributed by atoms with Crippen LogP contribution in [0.3, 0.4) is 0 Å². The van der Waals surface area contributed by atoms with E-state index < -0.39 is 41.7 Å². The molecule has 3 rings (SSSR count). The van der Waals surface area contributed by atoms with E-state index in [2.05, 4.69) is 22.8 Å². The van der Waals surface area contributed by atoms with Crippen molar-refractivity contribution in [3.63, 3.8) is 0 Å². The van der Waals surface area contributed by atoms with Gasteiger partial charge in [-0.2, -0.15) is 0 Å². The first-order valence-electron chi connectivity index (χ1n) is 18.1. The van der Waals surface area contributed by atoms with Gasteiger partial charge in [0.05, 0.1) is 42.2 Å². The van der Waals surface area contributed by atoms with Gasteiger partial charge in [-0.25, -0.2) is 0 Å². The maximum Gasteiger partial charge on any atom is 0.245 e. The Hall–Kier alpha value is -3.02. The highest BCUT2D eigenvalue weighted by Crippen LogP contribution is 2.47. The monoisotopic (exact) mass is 685 g/mol. The normalized spacial score (nSPS) is 20.9. The number of hydrogen-bond donors (Lipinski definition) is 3. The summed E-state index contributed by atoms with van der Waals surface area (Å²) in [6.45, 7) is 14.1. The van der Waals surface area contributed by atoms with Crippen molar-refractivity contribution in [3.05, 3.63) is 35.9 Å². The summed E-state index contributed by atoms with van der Waals surface area (Å²) in [6.07, 6.45) is 3.36. The average Bonchev–Trinajstić information content (AvgIpc) is 3.72. The third kappa shape index (κ3) is 9.82. The Morgan fingerprint density at radius 2 is 1.69 bits per heavy atom. The first kappa shape index (κ1) is 40.4. The molecular weight excluding hydrogens is 622 g/mol. The van der Waals surface area contributed by atoms with Crippen molar-refractivity contribution in [1.29, 1.82) is 0 Å². The number of carbonyl (C=O) groups excluding carboxylic acids is 4. The van der Waals surface area contributed by atoms with Gasteiger partial charge in [-0.3, -0.25) is 19.2 Å². The van der Waals surface area contributed by atoms with Gasteiger partial charge in [0.25, 0.3) is 0 Å². The fourth-order valence-electron chi connectivity index (χ4n) is 7.29. The van der Waals surface area contributed by atoms with E-state index in [0.717, 1.165) is 32.1 Å². The number of nitrogens with two attached hydrogens (primary N) is 1. The van der Waals surface area contributed by atoms with E-state index in [1.54, 1.807) is 40.0 Å². The maximum atomic E-state index is 14.1. The summed E-state index contributed by atoms with van der Waals surface area (Å²) >= 11 is 0. The van der Waals surface area contributed by atoms with Crippen molar-refractivity contribution in [3.8, 4) is 0 Å². The van der Waals surface area contributed by atoms with E-state index in [4.69, 9.17) is 15.2 Å². The van der Waals surface area contributed by atoms with Crippen LogP contribution in [0.25, 0.3) is 0 Å². The summed E-state index contributed by atoms with van der Waals surface area (Å²) in [5.41, 5.74) is 6.12. The first-order valence-corrected chi connectivity index (χ1v) is 18.1. The molecule has 0 aromatic heterocycles. The summed E-state index contributed by atoms with van der Waals surface area (Å²) in [4.78, 5) is 57.8. The molecule has 276 valence electrons. The highest BCUT2D eigenvalue weighted by molar-refractivity contribution is 5.91. The third-order valence-corrected chi connectivity index (χ3v) is 10.9. The fourth-order valence-corrected chi connectivity index (χ4v) is 7.29. The van der Waals surface area contributed by atoms with Crippen LogP contribution in [0.2, 0.25) is 0 Å². The van der Waals surface area contributed by atoms with Gasteiger partial charge in [0.1, 0.15) is 6.04 Å². The number of carbonyl (C=O) groups is 4. The number of nitrogens with one attached hydrogen (secondary N) is 2. The smallest absolute Gasteiger partial charge is 0.245 e. The molecule has 1 saturated carbocycles. The lowest BCUT2D eigenvalue weighted by Crippen LogP contribution is -2.60. The molecule has 1 saturated heterocycles. The molecule has 1 heterocycles. The van der Waals surface area contributed by atoms with Gasteiger partial charge in [0.2, 0.25) is 23.6 Å². The number of benzene rings is 1. The molecule has 1 aliphatic heterocycles. The molecule has 2 aliphatic rings. The number of ether oxygens (including phenoxy) is 2. The SMILES string of the molecule is CC[C@H](C)[C@@H]([C@@H](CC(=O)N1CCC[C@H]1[C@H](OC)[C@@H](C)C(=O)NCC1(c2ccccc2)CC1)OC)N(C)C(=O)[C@@H](NC(=O)C(C)(C)N)C(C)C. The summed E-state index contributed by atoms with van der Waals surface area (Å²) in [7, 11) is 4.89. The lowest BCUT2D eigenvalue weighted by Gasteiger charge is -2.41. The lowest BCUT2D eigenvalue weighted by atomic mass is 9.89. The number of rotatable bonds is 18. The summed E-state index contributed by atoms with van der Waals surface area (Å²) in [5, 5.41) is 6.03. The minimum absolute atomic E-state index is 0.00312. The molecule has 0 radical (unpaired) electrons. The van der Waals surface area contributed by atoms with Gasteiger partial charge >= 0.3 is 0 Å². The van der Waals surface area contributed by atoms with Gasteiger partial charge in [0, 0.05) is 39.8 Å². The first-order chi connectivity index (χ1) is 23.0. The van der Waals surface area contributed by atoms with E-state index in [-0.39, 0.29) is 47.4 Å². The molecule has 0 spiro atoms. The quantitative estimate of drug-likeness (QED) is 0.214. The number of hydrogen-bond acceptors (Lipinski definition) is 7. The van der Waals surface area contributed by atoms with Crippen LogP contribution in [0.5, 0.6) is 0 Å². The van der Waals surface area contributed by atoms with Crippen LogP contribution in [-0.2, 0) is 34.1 Å². The molecule has 2 fully saturated rings. The Balaban J connectivity index is 1.73. The third-order valence-electron chi connectivity index (χ3n) is 10.9. The van der Waals surface area contributed by atoms with Crippen LogP contribution in [-0.4, -0.2) is 104 Å². The Labute approximate surface area is 294 Å². The summed E-state index contributed by atoms with van der Waals surface area (Å²) in [5.74, 6) is -1.51. The maximum absolute atomic E-state index is 14.1. The fraction of sp³-hybridized carbons (Fsp3) is 0.737. The van der Waals surface area contributed by atoms with E-state index in [1.807, 2.05) is 57.7 Å². The number of methoxy groups -OCH3 is 2. The molecule has 49 heavy (non-hydrogen) atoms. The molecule has 0 unspecified atom stereocenters. The molecule has 11 heteroatoms. The molecule has 1 aliphatic carbocycles. The molecule has 1 aromatic carbocycles. The van der Waals surface area contributed by atoms with Crippen LogP contribution in [0.15, 0.2) is 30.3 Å². The van der Waals surface area contributed by atoms with Crippen molar-refractivity contribution >= 4 is 23.6 Å². The lowest BCUT2D eigenvalue weighted by molar-refractivity contribution is -0.147. The zero-order chi connectivity index (χ0) is 36.7. The van der Waals surface area contributed by atoms with Crippen LogP contribution in [0.4, 0.5) is 0 Å². The summed E-state index contributed by atoms with van der Waals surface area (Å²) < 4.78 is 11.9. The zero-order valence-corrected chi connectivity index (χ0v) is 31.6.